The first-order valence-corrected chi connectivity index (χ1v) is 9.53. The predicted molar refractivity (Wildman–Crippen MR) is 107 cm³/mol. The molecule has 0 radical (unpaired) electrons. The van der Waals surface area contributed by atoms with Gasteiger partial charge in [-0.25, -0.2) is 9.78 Å². The fraction of sp³-hybridized carbons (Fsp3) is 0.429. The summed E-state index contributed by atoms with van der Waals surface area (Å²) in [6, 6.07) is 12.0. The van der Waals surface area contributed by atoms with Gasteiger partial charge in [0.1, 0.15) is 5.82 Å². The van der Waals surface area contributed by atoms with Crippen LogP contribution in [0.1, 0.15) is 32.3 Å². The minimum atomic E-state index is -0.255. The molecule has 0 bridgehead atoms. The smallest absolute Gasteiger partial charge is 0.414 e. The molecule has 1 amide bonds. The Morgan fingerprint density at radius 2 is 1.96 bits per heavy atom. The Bertz CT molecular complexity index is 844. The summed E-state index contributed by atoms with van der Waals surface area (Å²) >= 11 is 0. The molecule has 3 heterocycles. The molecule has 27 heavy (non-hydrogen) atoms. The van der Waals surface area contributed by atoms with Gasteiger partial charge in [0.15, 0.2) is 0 Å². The Morgan fingerprint density at radius 1 is 1.22 bits per heavy atom. The number of benzene rings is 1. The number of hydrogen-bond acceptors (Lipinski definition) is 5. The third-order valence-corrected chi connectivity index (χ3v) is 5.60. The van der Waals surface area contributed by atoms with Gasteiger partial charge in [-0.05, 0) is 44.4 Å². The molecule has 6 heteroatoms. The van der Waals surface area contributed by atoms with Gasteiger partial charge in [-0.15, -0.1) is 0 Å². The van der Waals surface area contributed by atoms with Crippen molar-refractivity contribution in [3.05, 3.63) is 48.2 Å². The highest BCUT2D eigenvalue weighted by molar-refractivity contribution is 5.91. The molecule has 2 aromatic rings. The zero-order chi connectivity index (χ0) is 19.0. The average molecular weight is 366 g/mol. The number of piperidine rings is 1. The molecule has 1 saturated heterocycles. The summed E-state index contributed by atoms with van der Waals surface area (Å²) < 4.78 is 5.48. The van der Waals surface area contributed by atoms with Crippen LogP contribution in [0.15, 0.2) is 42.6 Å². The van der Waals surface area contributed by atoms with E-state index in [4.69, 9.17) is 10.5 Å². The molecular formula is C21H26N4O2. The maximum atomic E-state index is 12.6. The number of carbonyl (C=O) groups excluding carboxylic acids is 1. The molecule has 142 valence electrons. The topological polar surface area (TPSA) is 71.7 Å². The number of pyridine rings is 1. The van der Waals surface area contributed by atoms with Gasteiger partial charge < -0.3 is 15.4 Å². The van der Waals surface area contributed by atoms with Crippen molar-refractivity contribution in [1.29, 1.82) is 0 Å². The first-order valence-electron chi connectivity index (χ1n) is 9.53. The average Bonchev–Trinajstić information content (AvgIpc) is 2.97. The lowest BCUT2D eigenvalue weighted by atomic mass is 9.74. The second-order valence-electron chi connectivity index (χ2n) is 7.75. The number of hydrogen-bond donors (Lipinski definition) is 1. The van der Waals surface area contributed by atoms with E-state index in [0.717, 1.165) is 43.1 Å². The summed E-state index contributed by atoms with van der Waals surface area (Å²) in [6.07, 6.45) is 3.30. The van der Waals surface area contributed by atoms with Crippen molar-refractivity contribution in [3.63, 3.8) is 0 Å². The van der Waals surface area contributed by atoms with E-state index in [0.29, 0.717) is 6.54 Å². The van der Waals surface area contributed by atoms with E-state index in [1.54, 1.807) is 12.3 Å². The lowest BCUT2D eigenvalue weighted by molar-refractivity contribution is 0.121. The highest BCUT2D eigenvalue weighted by Crippen LogP contribution is 2.47. The van der Waals surface area contributed by atoms with Crippen LogP contribution in [0.2, 0.25) is 0 Å². The van der Waals surface area contributed by atoms with Crippen molar-refractivity contribution in [2.75, 3.05) is 35.2 Å². The molecule has 1 aromatic carbocycles. The van der Waals surface area contributed by atoms with Crippen LogP contribution in [0, 0.1) is 0 Å². The molecule has 1 fully saturated rings. The largest absolute Gasteiger partial charge is 0.446 e. The lowest BCUT2D eigenvalue weighted by Crippen LogP contribution is -2.46. The summed E-state index contributed by atoms with van der Waals surface area (Å²) in [5.41, 5.74) is 8.86. The molecular weight excluding hydrogens is 340 g/mol. The van der Waals surface area contributed by atoms with Crippen LogP contribution >= 0.6 is 0 Å². The number of fused-ring (bicyclic) bond motifs is 2. The standard InChI is InChI=1S/C21H26N4O2/c1-15(2)27-20(26)25-14-21(17-5-3-4-6-18(17)25)8-11-24(12-9-21)19-13-16(22)7-10-23-19/h3-7,10,13,15H,8-9,11-12,14H2,1-2H3,(H2,22,23). The zero-order valence-electron chi connectivity index (χ0n) is 15.9. The van der Waals surface area contributed by atoms with Crippen LogP contribution in [0.5, 0.6) is 0 Å². The van der Waals surface area contributed by atoms with E-state index in [1.165, 1.54) is 5.56 Å². The van der Waals surface area contributed by atoms with Crippen molar-refractivity contribution in [2.24, 2.45) is 0 Å². The summed E-state index contributed by atoms with van der Waals surface area (Å²) in [5.74, 6) is 0.923. The second kappa shape index (κ2) is 6.76. The Balaban J connectivity index is 1.57. The number of ether oxygens (including phenoxy) is 1. The summed E-state index contributed by atoms with van der Waals surface area (Å²) in [7, 11) is 0. The minimum absolute atomic E-state index is 0.0244. The molecule has 2 aliphatic rings. The van der Waals surface area contributed by atoms with Gasteiger partial charge in [0.2, 0.25) is 0 Å². The van der Waals surface area contributed by atoms with Crippen molar-refractivity contribution < 1.29 is 9.53 Å². The van der Waals surface area contributed by atoms with Gasteiger partial charge in [0.25, 0.3) is 0 Å². The number of nitrogen functional groups attached to an aromatic ring is 1. The number of amides is 1. The molecule has 0 unspecified atom stereocenters. The quantitative estimate of drug-likeness (QED) is 0.880. The first kappa shape index (κ1) is 17.6. The third-order valence-electron chi connectivity index (χ3n) is 5.60. The molecule has 0 saturated carbocycles. The number of rotatable bonds is 2. The molecule has 2 N–H and O–H groups in total. The normalized spacial score (nSPS) is 18.0. The molecule has 0 atom stereocenters. The first-order chi connectivity index (χ1) is 13.0. The molecule has 0 aliphatic carbocycles. The molecule has 1 aromatic heterocycles. The molecule has 1 spiro atoms. The number of nitrogens with zero attached hydrogens (tertiary/aromatic N) is 3. The Morgan fingerprint density at radius 3 is 2.67 bits per heavy atom. The third kappa shape index (κ3) is 3.20. The molecule has 4 rings (SSSR count). The minimum Gasteiger partial charge on any atom is -0.446 e. The highest BCUT2D eigenvalue weighted by atomic mass is 16.6. The van der Waals surface area contributed by atoms with Gasteiger partial charge >= 0.3 is 6.09 Å². The summed E-state index contributed by atoms with van der Waals surface area (Å²) in [6.45, 7) is 6.21. The summed E-state index contributed by atoms with van der Waals surface area (Å²) in [5, 5.41) is 0. The SMILES string of the molecule is CC(C)OC(=O)N1CC2(CCN(c3cc(N)ccn3)CC2)c2ccccc21. The highest BCUT2D eigenvalue weighted by Gasteiger charge is 2.46. The van der Waals surface area contributed by atoms with Gasteiger partial charge in [-0.3, -0.25) is 4.90 Å². The lowest BCUT2D eigenvalue weighted by Gasteiger charge is -2.40. The molecule has 6 nitrogen and oxygen atoms in total. The van der Waals surface area contributed by atoms with E-state index in [9.17, 15) is 4.79 Å². The monoisotopic (exact) mass is 366 g/mol. The van der Waals surface area contributed by atoms with Gasteiger partial charge in [-0.1, -0.05) is 18.2 Å². The van der Waals surface area contributed by atoms with Crippen LogP contribution in [0.3, 0.4) is 0 Å². The van der Waals surface area contributed by atoms with Gasteiger partial charge in [0, 0.05) is 43.0 Å². The van der Waals surface area contributed by atoms with E-state index >= 15 is 0 Å². The van der Waals surface area contributed by atoms with Gasteiger partial charge in [0.05, 0.1) is 11.8 Å². The fourth-order valence-electron chi connectivity index (χ4n) is 4.26. The number of anilines is 3. The van der Waals surface area contributed by atoms with Crippen LogP contribution in [0.25, 0.3) is 0 Å². The van der Waals surface area contributed by atoms with E-state index in [1.807, 2.05) is 36.9 Å². The van der Waals surface area contributed by atoms with Crippen molar-refractivity contribution in [3.8, 4) is 0 Å². The van der Waals surface area contributed by atoms with Crippen molar-refractivity contribution >= 4 is 23.3 Å². The fourth-order valence-corrected chi connectivity index (χ4v) is 4.26. The number of para-hydroxylation sites is 1. The maximum absolute atomic E-state index is 12.6. The van der Waals surface area contributed by atoms with Crippen LogP contribution in [-0.4, -0.2) is 36.8 Å². The second-order valence-corrected chi connectivity index (χ2v) is 7.75. The van der Waals surface area contributed by atoms with E-state index in [2.05, 4.69) is 22.0 Å². The van der Waals surface area contributed by atoms with E-state index < -0.39 is 0 Å². The van der Waals surface area contributed by atoms with Crippen LogP contribution in [0.4, 0.5) is 22.0 Å². The summed E-state index contributed by atoms with van der Waals surface area (Å²) in [4.78, 5) is 21.2. The van der Waals surface area contributed by atoms with Crippen molar-refractivity contribution in [2.45, 2.75) is 38.2 Å². The van der Waals surface area contributed by atoms with Gasteiger partial charge in [-0.2, -0.15) is 0 Å². The number of nitrogens with two attached hydrogens (primary N) is 1. The van der Waals surface area contributed by atoms with Crippen LogP contribution < -0.4 is 15.5 Å². The van der Waals surface area contributed by atoms with Crippen LogP contribution in [-0.2, 0) is 10.2 Å². The Labute approximate surface area is 159 Å². The zero-order valence-corrected chi connectivity index (χ0v) is 15.9. The van der Waals surface area contributed by atoms with E-state index in [-0.39, 0.29) is 17.6 Å². The maximum Gasteiger partial charge on any atom is 0.414 e. The number of carbonyl (C=O) groups is 1. The number of aromatic nitrogens is 1. The Hall–Kier alpha value is -2.76. The van der Waals surface area contributed by atoms with Crippen molar-refractivity contribution in [1.82, 2.24) is 4.98 Å². The predicted octanol–water partition coefficient (Wildman–Crippen LogP) is 3.57. The molecule has 2 aliphatic heterocycles. The Kier molecular flexibility index (Phi) is 4.42.